The zero-order valence-electron chi connectivity index (χ0n) is 50.9. The minimum atomic E-state index is -2.58. The lowest BCUT2D eigenvalue weighted by molar-refractivity contribution is -0.124. The van der Waals surface area contributed by atoms with Gasteiger partial charge in [0.05, 0.1) is 53.0 Å². The van der Waals surface area contributed by atoms with Crippen molar-refractivity contribution in [2.75, 3.05) is 104 Å². The van der Waals surface area contributed by atoms with E-state index in [4.69, 9.17) is 12.5 Å². The van der Waals surface area contributed by atoms with Gasteiger partial charge < -0.3 is 30.8 Å². The van der Waals surface area contributed by atoms with Crippen molar-refractivity contribution in [3.63, 3.8) is 0 Å². The van der Waals surface area contributed by atoms with Crippen molar-refractivity contribution in [1.29, 1.82) is 0 Å². The Hall–Kier alpha value is -2.66. The number of hydrogen-bond donors (Lipinski definition) is 10. The lowest BCUT2D eigenvalue weighted by atomic mass is 10.1. The number of nitrogens with one attached hydrogen (secondary N) is 10. The first kappa shape index (κ1) is 84.3. The summed E-state index contributed by atoms with van der Waals surface area (Å²) in [7, 11) is -17.2. The smallest absolute Gasteiger partial charge is 0.357 e. The second-order valence-corrected chi connectivity index (χ2v) is 41.4. The Morgan fingerprint density at radius 2 is 0.816 bits per heavy atom. The molecule has 8 heterocycles. The highest BCUT2D eigenvalue weighted by molar-refractivity contribution is 8.80. The molecule has 8 fully saturated rings. The molecule has 0 aromatic heterocycles. The molecule has 0 radical (unpaired) electrons. The van der Waals surface area contributed by atoms with Crippen molar-refractivity contribution < 1.29 is 74.4 Å². The van der Waals surface area contributed by atoms with Gasteiger partial charge in [0.2, 0.25) is 17.7 Å². The molecule has 0 aliphatic carbocycles. The summed E-state index contributed by atoms with van der Waals surface area (Å²) in [5.41, 5.74) is 0. The highest BCUT2D eigenvalue weighted by Gasteiger charge is 2.27. The van der Waals surface area contributed by atoms with E-state index in [2.05, 4.69) is 103 Å². The predicted molar refractivity (Wildman–Crippen MR) is 374 cm³/mol. The van der Waals surface area contributed by atoms with Crippen LogP contribution in [0.2, 0.25) is 0 Å². The van der Waals surface area contributed by atoms with Crippen molar-refractivity contribution in [2.24, 2.45) is 5.92 Å². The summed E-state index contributed by atoms with van der Waals surface area (Å²) in [6.45, 7) is 16.6. The number of hydrogen-bond acceptors (Lipinski definition) is 21. The number of carbonyl (C=O) groups excluding carboxylic acids is 5. The molecule has 36 heteroatoms. The molecule has 10 N–H and O–H groups in total. The van der Waals surface area contributed by atoms with Gasteiger partial charge >= 0.3 is 6.09 Å². The third kappa shape index (κ3) is 42.9. The van der Waals surface area contributed by atoms with Crippen molar-refractivity contribution in [2.45, 2.75) is 131 Å². The van der Waals surface area contributed by atoms with E-state index < -0.39 is 88.8 Å². The van der Waals surface area contributed by atoms with Gasteiger partial charge in [-0.15, -0.1) is 0 Å². The van der Waals surface area contributed by atoms with E-state index in [0.29, 0.717) is 98.0 Å². The fourth-order valence-electron chi connectivity index (χ4n) is 7.65. The molecule has 8 aliphatic rings. The van der Waals surface area contributed by atoms with Crippen LogP contribution in [0.15, 0.2) is 0 Å². The van der Waals surface area contributed by atoms with Gasteiger partial charge in [-0.05, 0) is 161 Å². The van der Waals surface area contributed by atoms with Crippen LogP contribution >= 0.6 is 10.8 Å². The normalized spacial score (nSPS) is 37.4. The molecule has 87 heavy (non-hydrogen) atoms. The SMILES string of the molecule is C.C=S1(=O)CCCNC(=O)C1.C=S1(=O)CCCNC(=O)O1.C=S1(=O)CCCNC(=O)S1.C=S1(=O)CCCNC(=O)[C@H](C(C)C)N1.C=S1(=O)CCCNC(=O)[C@H](C)N1.C=S1(=O)CCCNC(C)O1.C=S1(=O)CCCNC(C)O1.C=S1(=O)CCCNC(C)O1. The van der Waals surface area contributed by atoms with Crippen LogP contribution in [0.25, 0.3) is 0 Å². The van der Waals surface area contributed by atoms with Gasteiger partial charge in [0, 0.05) is 112 Å². The maximum absolute atomic E-state index is 11.8. The van der Waals surface area contributed by atoms with Crippen LogP contribution in [0.5, 0.6) is 0 Å². The topological polar surface area (TPSA) is 379 Å². The van der Waals surface area contributed by atoms with Gasteiger partial charge in [-0.2, -0.15) is 0 Å². The van der Waals surface area contributed by atoms with Crippen LogP contribution in [0, 0.1) is 5.92 Å². The highest BCUT2D eigenvalue weighted by Crippen LogP contribution is 2.17. The first-order chi connectivity index (χ1) is 39.5. The molecule has 0 bridgehead atoms. The summed E-state index contributed by atoms with van der Waals surface area (Å²) in [6, 6.07) is -0.796. The first-order valence-electron chi connectivity index (χ1n) is 27.9. The average molecular weight is 1420 g/mol. The summed E-state index contributed by atoms with van der Waals surface area (Å²) in [5.74, 6) is 32.1. The van der Waals surface area contributed by atoms with Crippen molar-refractivity contribution >= 4 is 164 Å². The lowest BCUT2D eigenvalue weighted by Crippen LogP contribution is -2.52. The monoisotopic (exact) mass is 1420 g/mol. The number of amides is 5. The van der Waals surface area contributed by atoms with Gasteiger partial charge in [0.15, 0.2) is 0 Å². The second kappa shape index (κ2) is 40.3. The van der Waals surface area contributed by atoms with Crippen molar-refractivity contribution in [1.82, 2.24) is 52.0 Å². The predicted octanol–water partition coefficient (Wildman–Crippen LogP) is -1.14. The Labute approximate surface area is 527 Å². The third-order valence-corrected chi connectivity index (χ3v) is 26.4. The Morgan fingerprint density at radius 3 is 1.29 bits per heavy atom. The Kier molecular flexibility index (Phi) is 39.1. The molecule has 27 nitrogen and oxygen atoms in total. The molecule has 8 aliphatic heterocycles. The summed E-state index contributed by atoms with van der Waals surface area (Å²) in [5, 5.41) is 22.1. The minimum absolute atomic E-state index is 0. The van der Waals surface area contributed by atoms with E-state index in [1.165, 1.54) is 0 Å². The summed E-state index contributed by atoms with van der Waals surface area (Å²) < 4.78 is 116. The van der Waals surface area contributed by atoms with E-state index in [1.54, 1.807) is 6.92 Å². The molecular weight excluding hydrogens is 1310 g/mol. The van der Waals surface area contributed by atoms with E-state index in [9.17, 15) is 57.6 Å². The molecule has 8 rings (SSSR count). The third-order valence-electron chi connectivity index (χ3n) is 11.8. The molecule has 13 atom stereocenters. The maximum Gasteiger partial charge on any atom is 0.420 e. The highest BCUT2D eigenvalue weighted by atomic mass is 33.1. The van der Waals surface area contributed by atoms with Crippen molar-refractivity contribution in [3.8, 4) is 0 Å². The van der Waals surface area contributed by atoms with Gasteiger partial charge in [-0.25, -0.2) is 31.1 Å². The van der Waals surface area contributed by atoms with Gasteiger partial charge in [0.1, 0.15) is 28.5 Å². The average Bonchev–Trinajstić information content (AvgIpc) is 3.89. The molecular formula is C51H104N10O17S9. The van der Waals surface area contributed by atoms with Crippen LogP contribution in [0.4, 0.5) is 9.59 Å². The second-order valence-electron chi connectivity index (χ2n) is 21.2. The van der Waals surface area contributed by atoms with Crippen molar-refractivity contribution in [3.05, 3.63) is 0 Å². The summed E-state index contributed by atoms with van der Waals surface area (Å²) in [6.07, 6.45) is 5.31. The maximum atomic E-state index is 11.8. The standard InChI is InChI=1S/C9H18N2O2S.C7H14N2O2S.3C6H13NO2S.C6H11NO2S.C5H9NO3S.C5H9NO2S2.CH4/c1-7(2)8-9(12)10-5-4-6-14(3,13)11-8;1-6-7(10)8-4-3-5-12(2,11)9-6;3*1-6-7-4-3-5-10(2,8)9-6;1-10(9)4-2-3-7-6(8)5-10;2*1-10(8)4-2-3-6-5(7)9-10;/h7-8H,3-6H2,1-2H3,(H,10,12)(H,11,13);6H,2-5H2,1H3,(H,8,10)(H,9,11);3*6-7H,2-5H2,1H3;1-5H2,(H,7,8);2*1-4H2,(H,6,7);1H4/t8-,14?;6-,12?;;;;;;;/m00......./s1. The van der Waals surface area contributed by atoms with Crippen LogP contribution in [-0.2, 0) is 108 Å². The quantitative estimate of drug-likeness (QED) is 0.110. The summed E-state index contributed by atoms with van der Waals surface area (Å²) >= 11 is 0. The van der Waals surface area contributed by atoms with Crippen LogP contribution in [-0.4, -0.2) is 245 Å². The van der Waals surface area contributed by atoms with E-state index in [0.717, 1.165) is 62.5 Å². The molecule has 514 valence electrons. The van der Waals surface area contributed by atoms with Gasteiger partial charge in [-0.1, -0.05) is 21.3 Å². The first-order valence-corrected chi connectivity index (χ1v) is 44.2. The van der Waals surface area contributed by atoms with E-state index >= 15 is 0 Å². The zero-order valence-corrected chi connectivity index (χ0v) is 58.3. The lowest BCUT2D eigenvalue weighted by Gasteiger charge is -2.26. The Morgan fingerprint density at radius 1 is 0.448 bits per heavy atom. The molecule has 8 saturated heterocycles. The number of rotatable bonds is 1. The largest absolute Gasteiger partial charge is 0.420 e. The molecule has 11 unspecified atom stereocenters. The molecule has 0 spiro atoms. The fraction of sp³-hybridized carbons (Fsp3) is 0.745. The number of carbonyl (C=O) groups is 5. The zero-order chi connectivity index (χ0) is 65.6. The van der Waals surface area contributed by atoms with Gasteiger partial charge in [-0.3, -0.25) is 64.5 Å². The Balaban J connectivity index is 0.000000973. The summed E-state index contributed by atoms with van der Waals surface area (Å²) in [4.78, 5) is 54.7. The van der Waals surface area contributed by atoms with Crippen LogP contribution in [0.1, 0.15) is 100 Å². The molecule has 0 aromatic carbocycles. The van der Waals surface area contributed by atoms with E-state index in [-0.39, 0.29) is 66.8 Å². The fourth-order valence-corrected chi connectivity index (χ4v) is 19.6. The van der Waals surface area contributed by atoms with Crippen LogP contribution < -0.4 is 52.0 Å². The molecule has 5 amide bonds. The van der Waals surface area contributed by atoms with Gasteiger partial charge in [0.25, 0.3) is 5.24 Å². The van der Waals surface area contributed by atoms with E-state index in [1.807, 2.05) is 34.6 Å². The van der Waals surface area contributed by atoms with Crippen LogP contribution in [0.3, 0.4) is 0 Å². The molecule has 0 aromatic rings. The molecule has 0 saturated carbocycles. The minimum Gasteiger partial charge on any atom is -0.357 e. The Bertz CT molecular complexity index is 2880.